The van der Waals surface area contributed by atoms with Gasteiger partial charge in [0.05, 0.1) is 13.2 Å². The summed E-state index contributed by atoms with van der Waals surface area (Å²) in [6, 6.07) is 11.3. The molecule has 0 aliphatic heterocycles. The normalized spacial score (nSPS) is 11.5. The minimum absolute atomic E-state index is 0.486. The van der Waals surface area contributed by atoms with Gasteiger partial charge in [0.2, 0.25) is 0 Å². The van der Waals surface area contributed by atoms with Crippen LogP contribution in [0, 0.1) is 11.3 Å². The van der Waals surface area contributed by atoms with Crippen molar-refractivity contribution in [1.82, 2.24) is 9.97 Å². The molecule has 4 nitrogen and oxygen atoms in total. The summed E-state index contributed by atoms with van der Waals surface area (Å²) >= 11 is 0. The Morgan fingerprint density at radius 3 is 2.53 bits per heavy atom. The first-order valence-corrected chi connectivity index (χ1v) is 5.16. The van der Waals surface area contributed by atoms with Crippen molar-refractivity contribution < 1.29 is 4.74 Å². The highest BCUT2D eigenvalue weighted by Crippen LogP contribution is 2.28. The van der Waals surface area contributed by atoms with E-state index < -0.39 is 5.92 Å². The number of hydrogen-bond acceptors (Lipinski definition) is 4. The smallest absolute Gasteiger partial charge is 0.149 e. The van der Waals surface area contributed by atoms with Gasteiger partial charge in [-0.3, -0.25) is 0 Å². The van der Waals surface area contributed by atoms with E-state index in [9.17, 15) is 5.26 Å². The van der Waals surface area contributed by atoms with Crippen molar-refractivity contribution in [3.63, 3.8) is 0 Å². The van der Waals surface area contributed by atoms with Crippen molar-refractivity contribution in [3.05, 3.63) is 54.1 Å². The van der Waals surface area contributed by atoms with Gasteiger partial charge in [0, 0.05) is 18.0 Å². The molecule has 0 bridgehead atoms. The van der Waals surface area contributed by atoms with E-state index in [1.807, 2.05) is 24.3 Å². The van der Waals surface area contributed by atoms with Gasteiger partial charge in [0.1, 0.15) is 17.5 Å². The van der Waals surface area contributed by atoms with E-state index in [1.165, 1.54) is 0 Å². The van der Waals surface area contributed by atoms with E-state index in [1.54, 1.807) is 25.6 Å². The Morgan fingerprint density at radius 2 is 1.88 bits per heavy atom. The van der Waals surface area contributed by atoms with E-state index >= 15 is 0 Å². The zero-order valence-electron chi connectivity index (χ0n) is 9.37. The van der Waals surface area contributed by atoms with Crippen LogP contribution in [-0.2, 0) is 0 Å². The number of rotatable bonds is 3. The Balaban J connectivity index is 2.47. The molecule has 0 amide bonds. The molecule has 17 heavy (non-hydrogen) atoms. The molecule has 84 valence electrons. The SMILES string of the molecule is COc1ccccc1C(C#N)c1ncccn1. The Labute approximate surface area is 99.5 Å². The van der Waals surface area contributed by atoms with Gasteiger partial charge in [0.15, 0.2) is 0 Å². The second-order valence-electron chi connectivity index (χ2n) is 3.41. The summed E-state index contributed by atoms with van der Waals surface area (Å²) in [5.41, 5.74) is 0.781. The van der Waals surface area contributed by atoms with Crippen molar-refractivity contribution in [3.8, 4) is 11.8 Å². The Kier molecular flexibility index (Phi) is 3.31. The number of nitrogens with zero attached hydrogens (tertiary/aromatic N) is 3. The molecule has 0 fully saturated rings. The molecule has 0 saturated carbocycles. The molecule has 1 atom stereocenters. The molecular weight excluding hydrogens is 214 g/mol. The fourth-order valence-electron chi connectivity index (χ4n) is 1.63. The first-order chi connectivity index (χ1) is 8.36. The topological polar surface area (TPSA) is 58.8 Å². The molecule has 1 unspecified atom stereocenters. The van der Waals surface area contributed by atoms with E-state index in [0.29, 0.717) is 11.6 Å². The van der Waals surface area contributed by atoms with Gasteiger partial charge in [-0.2, -0.15) is 5.26 Å². The van der Waals surface area contributed by atoms with Crippen LogP contribution in [0.5, 0.6) is 5.75 Å². The number of para-hydroxylation sites is 1. The largest absolute Gasteiger partial charge is 0.496 e. The van der Waals surface area contributed by atoms with Gasteiger partial charge in [-0.05, 0) is 12.1 Å². The van der Waals surface area contributed by atoms with Crippen LogP contribution < -0.4 is 4.74 Å². The molecule has 0 N–H and O–H groups in total. The quantitative estimate of drug-likeness (QED) is 0.803. The highest BCUT2D eigenvalue weighted by Gasteiger charge is 2.19. The van der Waals surface area contributed by atoms with Gasteiger partial charge in [-0.15, -0.1) is 0 Å². The van der Waals surface area contributed by atoms with Crippen LogP contribution in [0.15, 0.2) is 42.7 Å². The number of aromatic nitrogens is 2. The maximum absolute atomic E-state index is 9.27. The molecule has 0 radical (unpaired) electrons. The van der Waals surface area contributed by atoms with Gasteiger partial charge in [-0.25, -0.2) is 9.97 Å². The van der Waals surface area contributed by atoms with Crippen LogP contribution in [0.4, 0.5) is 0 Å². The number of hydrogen-bond donors (Lipinski definition) is 0. The first kappa shape index (κ1) is 11.1. The predicted molar refractivity (Wildman–Crippen MR) is 62.5 cm³/mol. The Bertz CT molecular complexity index is 534. The highest BCUT2D eigenvalue weighted by molar-refractivity contribution is 5.42. The minimum atomic E-state index is -0.507. The fourth-order valence-corrected chi connectivity index (χ4v) is 1.63. The third-order valence-electron chi connectivity index (χ3n) is 2.42. The lowest BCUT2D eigenvalue weighted by molar-refractivity contribution is 0.409. The summed E-state index contributed by atoms with van der Waals surface area (Å²) in [7, 11) is 1.58. The molecule has 1 heterocycles. The average Bonchev–Trinajstić information content (AvgIpc) is 2.41. The third-order valence-corrected chi connectivity index (χ3v) is 2.42. The third kappa shape index (κ3) is 2.23. The summed E-state index contributed by atoms with van der Waals surface area (Å²) in [6.45, 7) is 0. The minimum Gasteiger partial charge on any atom is -0.496 e. The molecule has 0 spiro atoms. The zero-order valence-corrected chi connectivity index (χ0v) is 9.37. The van der Waals surface area contributed by atoms with E-state index in [2.05, 4.69) is 16.0 Å². The molecule has 0 aliphatic carbocycles. The summed E-state index contributed by atoms with van der Waals surface area (Å²) in [5, 5.41) is 9.27. The Morgan fingerprint density at radius 1 is 1.18 bits per heavy atom. The molecule has 0 saturated heterocycles. The van der Waals surface area contributed by atoms with Crippen LogP contribution in [0.2, 0.25) is 0 Å². The highest BCUT2D eigenvalue weighted by atomic mass is 16.5. The van der Waals surface area contributed by atoms with Gasteiger partial charge in [0.25, 0.3) is 0 Å². The molecule has 1 aromatic heterocycles. The van der Waals surface area contributed by atoms with E-state index in [-0.39, 0.29) is 0 Å². The van der Waals surface area contributed by atoms with Crippen molar-refractivity contribution in [2.75, 3.05) is 7.11 Å². The second kappa shape index (κ2) is 5.08. The number of ether oxygens (including phenoxy) is 1. The average molecular weight is 225 g/mol. The molecule has 1 aromatic carbocycles. The van der Waals surface area contributed by atoms with Crippen LogP contribution in [0.25, 0.3) is 0 Å². The van der Waals surface area contributed by atoms with E-state index in [4.69, 9.17) is 4.74 Å². The van der Waals surface area contributed by atoms with Gasteiger partial charge in [-0.1, -0.05) is 18.2 Å². The summed E-state index contributed by atoms with van der Waals surface area (Å²) in [5.74, 6) is 0.651. The monoisotopic (exact) mass is 225 g/mol. The van der Waals surface area contributed by atoms with E-state index in [0.717, 1.165) is 5.56 Å². The predicted octanol–water partition coefficient (Wildman–Crippen LogP) is 2.14. The molecular formula is C13H11N3O. The lowest BCUT2D eigenvalue weighted by atomic mass is 9.99. The molecule has 0 aliphatic rings. The van der Waals surface area contributed by atoms with Crippen LogP contribution >= 0.6 is 0 Å². The summed E-state index contributed by atoms with van der Waals surface area (Å²) in [6.07, 6.45) is 3.25. The van der Waals surface area contributed by atoms with Crippen molar-refractivity contribution in [2.45, 2.75) is 5.92 Å². The zero-order chi connectivity index (χ0) is 12.1. The fraction of sp³-hybridized carbons (Fsp3) is 0.154. The first-order valence-electron chi connectivity index (χ1n) is 5.16. The lowest BCUT2D eigenvalue weighted by Gasteiger charge is -2.11. The molecule has 4 heteroatoms. The van der Waals surface area contributed by atoms with Crippen molar-refractivity contribution >= 4 is 0 Å². The standard InChI is InChI=1S/C13H11N3O/c1-17-12-6-3-2-5-10(12)11(9-14)13-15-7-4-8-16-13/h2-8,11H,1H3. The van der Waals surface area contributed by atoms with Crippen molar-refractivity contribution in [1.29, 1.82) is 5.26 Å². The molecule has 2 rings (SSSR count). The van der Waals surface area contributed by atoms with Gasteiger partial charge < -0.3 is 4.74 Å². The van der Waals surface area contributed by atoms with Crippen LogP contribution in [0.1, 0.15) is 17.3 Å². The van der Waals surface area contributed by atoms with Crippen molar-refractivity contribution in [2.24, 2.45) is 0 Å². The summed E-state index contributed by atoms with van der Waals surface area (Å²) < 4.78 is 5.24. The van der Waals surface area contributed by atoms with Crippen LogP contribution in [0.3, 0.4) is 0 Å². The number of benzene rings is 1. The van der Waals surface area contributed by atoms with Gasteiger partial charge >= 0.3 is 0 Å². The lowest BCUT2D eigenvalue weighted by Crippen LogP contribution is -2.05. The molecule has 2 aromatic rings. The maximum Gasteiger partial charge on any atom is 0.149 e. The Hall–Kier alpha value is -2.41. The maximum atomic E-state index is 9.27. The van der Waals surface area contributed by atoms with Crippen LogP contribution in [-0.4, -0.2) is 17.1 Å². The summed E-state index contributed by atoms with van der Waals surface area (Å²) in [4.78, 5) is 8.23. The number of nitriles is 1. The number of methoxy groups -OCH3 is 1. The second-order valence-corrected chi connectivity index (χ2v) is 3.41.